The van der Waals surface area contributed by atoms with Crippen LogP contribution in [0.3, 0.4) is 0 Å². The molecule has 0 spiro atoms. The number of carbonyl (C=O) groups is 1. The molecule has 5 nitrogen and oxygen atoms in total. The molecule has 1 amide bonds. The number of rotatable bonds is 5. The van der Waals surface area contributed by atoms with E-state index in [9.17, 15) is 4.79 Å². The predicted molar refractivity (Wildman–Crippen MR) is 145 cm³/mol. The summed E-state index contributed by atoms with van der Waals surface area (Å²) in [5, 5.41) is 4.95. The number of H-pyrrole nitrogens is 1. The fourth-order valence-electron chi connectivity index (χ4n) is 3.97. The molecule has 0 bridgehead atoms. The van der Waals surface area contributed by atoms with Crippen LogP contribution in [0.2, 0.25) is 0 Å². The van der Waals surface area contributed by atoms with E-state index in [1.54, 1.807) is 0 Å². The Morgan fingerprint density at radius 3 is 2.73 bits per heavy atom. The zero-order chi connectivity index (χ0) is 22.9. The highest BCUT2D eigenvalue weighted by Gasteiger charge is 2.16. The van der Waals surface area contributed by atoms with Crippen LogP contribution in [0.5, 0.6) is 0 Å². The first-order valence-corrected chi connectivity index (χ1v) is 12.3. The van der Waals surface area contributed by atoms with Gasteiger partial charge in [-0.1, -0.05) is 40.2 Å². The molecule has 4 N–H and O–H groups in total. The van der Waals surface area contributed by atoms with Crippen LogP contribution >= 0.6 is 38.5 Å². The molecule has 0 radical (unpaired) electrons. The Kier molecular flexibility index (Phi) is 6.18. The Balaban J connectivity index is 1.57. The first-order valence-electron chi connectivity index (χ1n) is 10.5. The maximum absolute atomic E-state index is 13.4. The molecule has 3 aromatic carbocycles. The summed E-state index contributed by atoms with van der Waals surface area (Å²) < 4.78 is 2.04. The van der Waals surface area contributed by atoms with E-state index in [2.05, 4.69) is 54.9 Å². The molecule has 0 aliphatic rings. The van der Waals surface area contributed by atoms with Crippen LogP contribution in [-0.4, -0.2) is 15.9 Å². The minimum atomic E-state index is -0.134. The number of aromatic nitrogens is 2. The number of fused-ring (bicyclic) bond motifs is 2. The van der Waals surface area contributed by atoms with Crippen LogP contribution in [0.25, 0.3) is 33.1 Å². The van der Waals surface area contributed by atoms with E-state index >= 15 is 0 Å². The van der Waals surface area contributed by atoms with Crippen LogP contribution in [0.1, 0.15) is 21.5 Å². The van der Waals surface area contributed by atoms with Gasteiger partial charge in [-0.05, 0) is 76.2 Å². The first-order chi connectivity index (χ1) is 16.0. The number of amides is 1. The van der Waals surface area contributed by atoms with Gasteiger partial charge in [0.2, 0.25) is 0 Å². The maximum atomic E-state index is 13.4. The number of aromatic amines is 1. The molecule has 0 aliphatic carbocycles. The van der Waals surface area contributed by atoms with Gasteiger partial charge in [0.1, 0.15) is 0 Å². The summed E-state index contributed by atoms with van der Waals surface area (Å²) in [4.78, 5) is 21.6. The van der Waals surface area contributed by atoms with Gasteiger partial charge in [-0.15, -0.1) is 0 Å². The van der Waals surface area contributed by atoms with Gasteiger partial charge in [-0.2, -0.15) is 0 Å². The standard InChI is InChI=1S/C26H20BrIN4O/c27-17-4-6-23-19(9-17)22(14-30-23)25-11-21(20-10-18(28)5-7-24(20)32-25)26(33)31-13-16-3-1-2-15(8-16)12-29/h1-11,14,30H,12-13,29H2,(H,31,33). The third-order valence-corrected chi connectivity index (χ3v) is 6.78. The van der Waals surface area contributed by atoms with Gasteiger partial charge in [-0.25, -0.2) is 4.98 Å². The number of pyridine rings is 1. The second kappa shape index (κ2) is 9.24. The molecule has 33 heavy (non-hydrogen) atoms. The summed E-state index contributed by atoms with van der Waals surface area (Å²) in [6.45, 7) is 0.898. The van der Waals surface area contributed by atoms with Crippen LogP contribution in [-0.2, 0) is 13.1 Å². The van der Waals surface area contributed by atoms with Crippen molar-refractivity contribution in [2.24, 2.45) is 5.73 Å². The number of carbonyl (C=O) groups excluding carboxylic acids is 1. The molecular weight excluding hydrogens is 591 g/mol. The van der Waals surface area contributed by atoms with Gasteiger partial charge in [0, 0.05) is 49.2 Å². The molecule has 5 rings (SSSR count). The van der Waals surface area contributed by atoms with E-state index in [0.29, 0.717) is 18.7 Å². The van der Waals surface area contributed by atoms with Crippen LogP contribution in [0, 0.1) is 3.57 Å². The zero-order valence-electron chi connectivity index (χ0n) is 17.5. The number of hydrogen-bond donors (Lipinski definition) is 3. The van der Waals surface area contributed by atoms with Crippen LogP contribution in [0.4, 0.5) is 0 Å². The fourth-order valence-corrected chi connectivity index (χ4v) is 4.83. The third-order valence-electron chi connectivity index (χ3n) is 5.62. The van der Waals surface area contributed by atoms with E-state index < -0.39 is 0 Å². The van der Waals surface area contributed by atoms with Crippen molar-refractivity contribution in [2.45, 2.75) is 13.1 Å². The van der Waals surface area contributed by atoms with E-state index in [1.165, 1.54) is 0 Å². The summed E-state index contributed by atoms with van der Waals surface area (Å²) in [5.41, 5.74) is 11.9. The van der Waals surface area contributed by atoms with Crippen molar-refractivity contribution in [1.29, 1.82) is 0 Å². The second-order valence-electron chi connectivity index (χ2n) is 7.82. The van der Waals surface area contributed by atoms with Crippen molar-refractivity contribution in [1.82, 2.24) is 15.3 Å². The van der Waals surface area contributed by atoms with Gasteiger partial charge in [-0.3, -0.25) is 4.79 Å². The number of nitrogens with two attached hydrogens (primary N) is 1. The molecule has 0 aliphatic heterocycles. The smallest absolute Gasteiger partial charge is 0.252 e. The molecule has 164 valence electrons. The highest BCUT2D eigenvalue weighted by Crippen LogP contribution is 2.32. The van der Waals surface area contributed by atoms with Gasteiger partial charge in [0.25, 0.3) is 5.91 Å². The summed E-state index contributed by atoms with van der Waals surface area (Å²) in [7, 11) is 0. The number of halogens is 2. The maximum Gasteiger partial charge on any atom is 0.252 e. The molecule has 0 atom stereocenters. The molecule has 0 unspecified atom stereocenters. The molecule has 7 heteroatoms. The summed E-state index contributed by atoms with van der Waals surface area (Å²) in [6.07, 6.45) is 1.94. The number of nitrogens with one attached hydrogen (secondary N) is 2. The van der Waals surface area contributed by atoms with Crippen LogP contribution in [0.15, 0.2) is 77.4 Å². The van der Waals surface area contributed by atoms with Gasteiger partial charge in [0.05, 0.1) is 16.8 Å². The average molecular weight is 611 g/mol. The molecule has 0 saturated carbocycles. The van der Waals surface area contributed by atoms with Crippen molar-refractivity contribution < 1.29 is 4.79 Å². The Bertz CT molecular complexity index is 1510. The predicted octanol–water partition coefficient (Wildman–Crippen LogP) is 6.14. The van der Waals surface area contributed by atoms with E-state index in [1.807, 2.05) is 66.9 Å². The van der Waals surface area contributed by atoms with E-state index in [4.69, 9.17) is 10.7 Å². The second-order valence-corrected chi connectivity index (χ2v) is 9.98. The molecule has 2 aromatic heterocycles. The first kappa shape index (κ1) is 22.1. The summed E-state index contributed by atoms with van der Waals surface area (Å²) >= 11 is 5.81. The monoisotopic (exact) mass is 610 g/mol. The SMILES string of the molecule is NCc1cccc(CNC(=O)c2cc(-c3c[nH]c4ccc(Br)cc34)nc3ccc(I)cc23)c1. The lowest BCUT2D eigenvalue weighted by atomic mass is 10.0. The van der Waals surface area contributed by atoms with Crippen molar-refractivity contribution >= 4 is 66.2 Å². The number of hydrogen-bond acceptors (Lipinski definition) is 3. The molecule has 0 fully saturated rings. The Morgan fingerprint density at radius 2 is 1.88 bits per heavy atom. The molecule has 2 heterocycles. The summed E-state index contributed by atoms with van der Waals surface area (Å²) in [5.74, 6) is -0.134. The van der Waals surface area contributed by atoms with Crippen molar-refractivity contribution in [3.8, 4) is 11.3 Å². The molecule has 0 saturated heterocycles. The Hall–Kier alpha value is -2.75. The minimum Gasteiger partial charge on any atom is -0.360 e. The lowest BCUT2D eigenvalue weighted by molar-refractivity contribution is 0.0952. The van der Waals surface area contributed by atoms with Gasteiger partial charge >= 0.3 is 0 Å². The van der Waals surface area contributed by atoms with Crippen molar-refractivity contribution in [2.75, 3.05) is 0 Å². The highest BCUT2D eigenvalue weighted by molar-refractivity contribution is 14.1. The quantitative estimate of drug-likeness (QED) is 0.209. The topological polar surface area (TPSA) is 83.8 Å². The number of nitrogens with zero attached hydrogens (tertiary/aromatic N) is 1. The molecule has 5 aromatic rings. The average Bonchev–Trinajstić information content (AvgIpc) is 3.25. The van der Waals surface area contributed by atoms with Crippen molar-refractivity contribution in [3.63, 3.8) is 0 Å². The van der Waals surface area contributed by atoms with Gasteiger partial charge in [0.15, 0.2) is 0 Å². The van der Waals surface area contributed by atoms with Gasteiger partial charge < -0.3 is 16.0 Å². The lowest BCUT2D eigenvalue weighted by Crippen LogP contribution is -2.23. The highest BCUT2D eigenvalue weighted by atomic mass is 127. The Morgan fingerprint density at radius 1 is 1.03 bits per heavy atom. The summed E-state index contributed by atoms with van der Waals surface area (Å²) in [6, 6.07) is 21.9. The van der Waals surface area contributed by atoms with E-state index in [-0.39, 0.29) is 5.91 Å². The lowest BCUT2D eigenvalue weighted by Gasteiger charge is -2.11. The zero-order valence-corrected chi connectivity index (χ0v) is 21.3. The molecular formula is C26H20BrIN4O. The van der Waals surface area contributed by atoms with E-state index in [0.717, 1.165) is 52.2 Å². The van der Waals surface area contributed by atoms with Crippen LogP contribution < -0.4 is 11.1 Å². The number of benzene rings is 3. The third kappa shape index (κ3) is 4.53. The minimum absolute atomic E-state index is 0.134. The normalized spacial score (nSPS) is 11.2. The largest absolute Gasteiger partial charge is 0.360 e. The van der Waals surface area contributed by atoms with Crippen molar-refractivity contribution in [3.05, 3.63) is 97.7 Å². The fraction of sp³-hybridized carbons (Fsp3) is 0.0769. The Labute approximate surface area is 213 Å².